The Hall–Kier alpha value is -2.14. The number of nitrogens with zero attached hydrogens (tertiary/aromatic N) is 1. The Balaban J connectivity index is 1.98. The van der Waals surface area contributed by atoms with Crippen molar-refractivity contribution in [1.29, 1.82) is 0 Å². The zero-order valence-electron chi connectivity index (χ0n) is 19.0. The molecular formula is C25H37NO4. The number of hydrogen-bond acceptors (Lipinski definition) is 4. The zero-order valence-corrected chi connectivity index (χ0v) is 19.0. The molecule has 1 aliphatic heterocycles. The van der Waals surface area contributed by atoms with Crippen LogP contribution < -0.4 is 0 Å². The van der Waals surface area contributed by atoms with Crippen molar-refractivity contribution in [2.24, 2.45) is 0 Å². The molecule has 1 heterocycles. The van der Waals surface area contributed by atoms with Gasteiger partial charge in [-0.1, -0.05) is 56.5 Å². The fourth-order valence-corrected chi connectivity index (χ4v) is 3.62. The molecule has 1 aromatic rings. The van der Waals surface area contributed by atoms with Crippen molar-refractivity contribution in [2.45, 2.75) is 90.9 Å². The smallest absolute Gasteiger partial charge is 0.414 e. The molecule has 0 aromatic heterocycles. The Morgan fingerprint density at radius 1 is 1.13 bits per heavy atom. The van der Waals surface area contributed by atoms with E-state index in [4.69, 9.17) is 9.47 Å². The van der Waals surface area contributed by atoms with Crippen molar-refractivity contribution in [1.82, 2.24) is 4.90 Å². The molecule has 0 N–H and O–H groups in total. The van der Waals surface area contributed by atoms with Gasteiger partial charge in [-0.25, -0.2) is 4.79 Å². The van der Waals surface area contributed by atoms with Crippen molar-refractivity contribution in [2.75, 3.05) is 6.61 Å². The number of carbonyl (C=O) groups is 2. The van der Waals surface area contributed by atoms with Gasteiger partial charge in [-0.15, -0.1) is 0 Å². The first kappa shape index (κ1) is 24.1. The van der Waals surface area contributed by atoms with Gasteiger partial charge in [0.15, 0.2) is 5.78 Å². The molecule has 5 heteroatoms. The zero-order chi connectivity index (χ0) is 22.0. The van der Waals surface area contributed by atoms with Crippen LogP contribution in [-0.4, -0.2) is 35.0 Å². The second kappa shape index (κ2) is 11.9. The number of carbonyl (C=O) groups excluding carboxylic acids is 2. The molecule has 0 radical (unpaired) electrons. The van der Waals surface area contributed by atoms with Crippen LogP contribution in [0.25, 0.3) is 0 Å². The average molecular weight is 416 g/mol. The predicted octanol–water partition coefficient (Wildman–Crippen LogP) is 6.03. The Morgan fingerprint density at radius 3 is 2.53 bits per heavy atom. The molecule has 30 heavy (non-hydrogen) atoms. The summed E-state index contributed by atoms with van der Waals surface area (Å²) in [5.74, 6) is 0.0940. The quantitative estimate of drug-likeness (QED) is 0.438. The van der Waals surface area contributed by atoms with Gasteiger partial charge in [-0.05, 0) is 45.6 Å². The highest BCUT2D eigenvalue weighted by atomic mass is 16.6. The standard InChI is InChI=1S/C25H37NO4/c1-5-6-8-14-21-17-23(27)18-22(26(21)24(28)30-25(2,3)4)15-11-16-29-19-20-12-9-7-10-13-20/h7,9-10,12-13,18,21H,5-6,8,11,14-17,19H2,1-4H3. The van der Waals surface area contributed by atoms with Crippen LogP contribution in [0.3, 0.4) is 0 Å². The number of allylic oxidation sites excluding steroid dienone is 2. The summed E-state index contributed by atoms with van der Waals surface area (Å²) in [4.78, 5) is 27.1. The maximum Gasteiger partial charge on any atom is 0.414 e. The summed E-state index contributed by atoms with van der Waals surface area (Å²) in [5, 5.41) is 0. The van der Waals surface area contributed by atoms with Crippen LogP contribution >= 0.6 is 0 Å². The van der Waals surface area contributed by atoms with Crippen LogP contribution in [0.2, 0.25) is 0 Å². The average Bonchev–Trinajstić information content (AvgIpc) is 2.67. The van der Waals surface area contributed by atoms with Crippen LogP contribution in [0.4, 0.5) is 4.79 Å². The Kier molecular flexibility index (Phi) is 9.57. The van der Waals surface area contributed by atoms with E-state index in [0.717, 1.165) is 43.4 Å². The maximum absolute atomic E-state index is 13.0. The highest BCUT2D eigenvalue weighted by Gasteiger charge is 2.34. The van der Waals surface area contributed by atoms with Gasteiger partial charge in [-0.3, -0.25) is 9.69 Å². The molecule has 0 fully saturated rings. The van der Waals surface area contributed by atoms with Crippen LogP contribution in [0.1, 0.15) is 78.2 Å². The van der Waals surface area contributed by atoms with E-state index in [9.17, 15) is 9.59 Å². The summed E-state index contributed by atoms with van der Waals surface area (Å²) >= 11 is 0. The van der Waals surface area contributed by atoms with Crippen molar-refractivity contribution in [3.63, 3.8) is 0 Å². The van der Waals surface area contributed by atoms with E-state index in [1.807, 2.05) is 51.1 Å². The van der Waals surface area contributed by atoms with Gasteiger partial charge in [0.2, 0.25) is 0 Å². The lowest BCUT2D eigenvalue weighted by Gasteiger charge is -2.37. The van der Waals surface area contributed by atoms with Crippen LogP contribution in [-0.2, 0) is 20.9 Å². The second-order valence-electron chi connectivity index (χ2n) is 8.95. The fraction of sp³-hybridized carbons (Fsp3) is 0.600. The maximum atomic E-state index is 13.0. The SMILES string of the molecule is CCCCCC1CC(=O)C=C(CCCOCc2ccccc2)N1C(=O)OC(C)(C)C. The lowest BCUT2D eigenvalue weighted by Crippen LogP contribution is -2.46. The highest BCUT2D eigenvalue weighted by Crippen LogP contribution is 2.28. The summed E-state index contributed by atoms with van der Waals surface area (Å²) in [6.07, 6.45) is 7.02. The number of ether oxygens (including phenoxy) is 2. The Labute approximate surface area is 181 Å². The van der Waals surface area contributed by atoms with E-state index < -0.39 is 5.60 Å². The molecule has 166 valence electrons. The van der Waals surface area contributed by atoms with E-state index in [0.29, 0.717) is 26.1 Å². The van der Waals surface area contributed by atoms with Gasteiger partial charge in [0.1, 0.15) is 5.60 Å². The minimum atomic E-state index is -0.573. The molecular weight excluding hydrogens is 378 g/mol. The molecule has 1 amide bonds. The van der Waals surface area contributed by atoms with E-state index in [1.165, 1.54) is 0 Å². The third-order valence-electron chi connectivity index (χ3n) is 5.00. The number of hydrogen-bond donors (Lipinski definition) is 0. The molecule has 1 aromatic carbocycles. The second-order valence-corrected chi connectivity index (χ2v) is 8.95. The first-order valence-corrected chi connectivity index (χ1v) is 11.2. The largest absolute Gasteiger partial charge is 0.443 e. The Morgan fingerprint density at radius 2 is 1.87 bits per heavy atom. The van der Waals surface area contributed by atoms with Gasteiger partial charge in [0.25, 0.3) is 0 Å². The van der Waals surface area contributed by atoms with E-state index in [1.54, 1.807) is 11.0 Å². The Bertz CT molecular complexity index is 706. The van der Waals surface area contributed by atoms with Crippen molar-refractivity contribution >= 4 is 11.9 Å². The summed E-state index contributed by atoms with van der Waals surface area (Å²) in [6.45, 7) is 8.89. The summed E-state index contributed by atoms with van der Waals surface area (Å²) in [6, 6.07) is 9.92. The van der Waals surface area contributed by atoms with Crippen molar-refractivity contribution < 1.29 is 19.1 Å². The monoisotopic (exact) mass is 415 g/mol. The molecule has 2 rings (SSSR count). The lowest BCUT2D eigenvalue weighted by atomic mass is 9.95. The van der Waals surface area contributed by atoms with E-state index in [2.05, 4.69) is 6.92 Å². The summed E-state index contributed by atoms with van der Waals surface area (Å²) in [5.41, 5.74) is 1.32. The third kappa shape index (κ3) is 8.31. The third-order valence-corrected chi connectivity index (χ3v) is 5.00. The minimum absolute atomic E-state index is 0.0940. The van der Waals surface area contributed by atoms with Gasteiger partial charge in [-0.2, -0.15) is 0 Å². The molecule has 5 nitrogen and oxygen atoms in total. The van der Waals surface area contributed by atoms with E-state index in [-0.39, 0.29) is 17.9 Å². The molecule has 0 aliphatic carbocycles. The van der Waals surface area contributed by atoms with Crippen LogP contribution in [0, 0.1) is 0 Å². The molecule has 1 atom stereocenters. The number of rotatable bonds is 10. The topological polar surface area (TPSA) is 55.8 Å². The van der Waals surface area contributed by atoms with Gasteiger partial charge in [0, 0.05) is 30.8 Å². The number of unbranched alkanes of at least 4 members (excludes halogenated alkanes) is 2. The normalized spacial score (nSPS) is 17.1. The molecule has 0 bridgehead atoms. The lowest BCUT2D eigenvalue weighted by molar-refractivity contribution is -0.116. The van der Waals surface area contributed by atoms with E-state index >= 15 is 0 Å². The molecule has 0 saturated heterocycles. The fourth-order valence-electron chi connectivity index (χ4n) is 3.62. The van der Waals surface area contributed by atoms with Crippen LogP contribution in [0.15, 0.2) is 42.1 Å². The first-order chi connectivity index (χ1) is 14.3. The van der Waals surface area contributed by atoms with Gasteiger partial charge < -0.3 is 9.47 Å². The first-order valence-electron chi connectivity index (χ1n) is 11.2. The number of ketones is 1. The minimum Gasteiger partial charge on any atom is -0.443 e. The number of amides is 1. The molecule has 0 saturated carbocycles. The molecule has 1 aliphatic rings. The highest BCUT2D eigenvalue weighted by molar-refractivity contribution is 5.93. The molecule has 1 unspecified atom stereocenters. The summed E-state index contributed by atoms with van der Waals surface area (Å²) < 4.78 is 11.4. The molecule has 0 spiro atoms. The predicted molar refractivity (Wildman–Crippen MR) is 119 cm³/mol. The van der Waals surface area contributed by atoms with Gasteiger partial charge in [0.05, 0.1) is 6.61 Å². The van der Waals surface area contributed by atoms with Crippen LogP contribution in [0.5, 0.6) is 0 Å². The summed E-state index contributed by atoms with van der Waals surface area (Å²) in [7, 11) is 0. The number of benzene rings is 1. The van der Waals surface area contributed by atoms with Crippen molar-refractivity contribution in [3.05, 3.63) is 47.7 Å². The van der Waals surface area contributed by atoms with Crippen molar-refractivity contribution in [3.8, 4) is 0 Å². The van der Waals surface area contributed by atoms with Gasteiger partial charge >= 0.3 is 6.09 Å².